The van der Waals surface area contributed by atoms with Gasteiger partial charge in [0.25, 0.3) is 0 Å². The maximum Gasteiger partial charge on any atom is 0.356 e. The average Bonchev–Trinajstić information content (AvgIpc) is 2.22. The van der Waals surface area contributed by atoms with Crippen molar-refractivity contribution in [3.8, 4) is 0 Å². The predicted molar refractivity (Wildman–Crippen MR) is 63.8 cm³/mol. The fourth-order valence-corrected chi connectivity index (χ4v) is 3.09. The number of hydrogen-bond donors (Lipinski definition) is 6. The first-order valence-electron chi connectivity index (χ1n) is 5.39. The standard InChI is InChI=1S/C8H20O8P2/c1-3-7(9,17(11,12)13)5-6-8(10,4-2)18(14,15)16/h9-10H,3-6H2,1-2H3,(H2,11,12,13)(H2,14,15,16). The lowest BCUT2D eigenvalue weighted by atomic mass is 10.1. The Balaban J connectivity index is 5.05. The quantitative estimate of drug-likeness (QED) is 0.367. The van der Waals surface area contributed by atoms with Gasteiger partial charge in [-0.3, -0.25) is 9.13 Å². The Morgan fingerprint density at radius 2 is 1.00 bits per heavy atom. The van der Waals surface area contributed by atoms with Gasteiger partial charge in [-0.1, -0.05) is 13.8 Å². The molecule has 0 saturated carbocycles. The molecule has 0 rings (SSSR count). The molecule has 10 heteroatoms. The first-order chi connectivity index (χ1) is 7.83. The second-order valence-corrected chi connectivity index (χ2v) is 8.10. The molecular weight excluding hydrogens is 286 g/mol. The van der Waals surface area contributed by atoms with E-state index in [1.807, 2.05) is 0 Å². The van der Waals surface area contributed by atoms with Crippen LogP contribution in [0, 0.1) is 0 Å². The van der Waals surface area contributed by atoms with E-state index >= 15 is 0 Å². The largest absolute Gasteiger partial charge is 0.377 e. The van der Waals surface area contributed by atoms with Gasteiger partial charge < -0.3 is 29.8 Å². The molecule has 0 saturated heterocycles. The Hall–Kier alpha value is 0.220. The van der Waals surface area contributed by atoms with Crippen LogP contribution in [0.2, 0.25) is 0 Å². The van der Waals surface area contributed by atoms with Crippen LogP contribution < -0.4 is 0 Å². The van der Waals surface area contributed by atoms with Gasteiger partial charge in [0.15, 0.2) is 10.7 Å². The van der Waals surface area contributed by atoms with E-state index in [4.69, 9.17) is 19.6 Å². The van der Waals surface area contributed by atoms with Crippen molar-refractivity contribution in [3.63, 3.8) is 0 Å². The van der Waals surface area contributed by atoms with Gasteiger partial charge in [0.2, 0.25) is 0 Å². The first kappa shape index (κ1) is 18.2. The van der Waals surface area contributed by atoms with E-state index in [2.05, 4.69) is 0 Å². The van der Waals surface area contributed by atoms with Gasteiger partial charge >= 0.3 is 15.2 Å². The van der Waals surface area contributed by atoms with Crippen LogP contribution in [0.1, 0.15) is 39.5 Å². The van der Waals surface area contributed by atoms with Gasteiger partial charge in [-0.2, -0.15) is 0 Å². The van der Waals surface area contributed by atoms with Crippen LogP contribution in [0.5, 0.6) is 0 Å². The molecule has 0 bridgehead atoms. The van der Waals surface area contributed by atoms with Crippen molar-refractivity contribution in [2.45, 2.75) is 50.2 Å². The summed E-state index contributed by atoms with van der Waals surface area (Å²) in [5, 5.41) is 14.7. The molecule has 0 fully saturated rings. The fourth-order valence-electron chi connectivity index (χ4n) is 1.46. The number of hydrogen-bond acceptors (Lipinski definition) is 4. The van der Waals surface area contributed by atoms with E-state index in [0.717, 1.165) is 0 Å². The monoisotopic (exact) mass is 306 g/mol. The average molecular weight is 306 g/mol. The third kappa shape index (κ3) is 3.85. The maximum atomic E-state index is 11.1. The molecular formula is C8H20O8P2. The highest BCUT2D eigenvalue weighted by Gasteiger charge is 2.49. The van der Waals surface area contributed by atoms with Crippen LogP contribution in [0.25, 0.3) is 0 Å². The molecule has 2 atom stereocenters. The Morgan fingerprint density at radius 3 is 1.11 bits per heavy atom. The van der Waals surface area contributed by atoms with Crippen LogP contribution in [-0.2, 0) is 9.13 Å². The Morgan fingerprint density at radius 1 is 0.778 bits per heavy atom. The Labute approximate surface area is 105 Å². The second kappa shape index (κ2) is 5.69. The van der Waals surface area contributed by atoms with Gasteiger partial charge in [-0.25, -0.2) is 0 Å². The van der Waals surface area contributed by atoms with Crippen molar-refractivity contribution in [1.29, 1.82) is 0 Å². The summed E-state index contributed by atoms with van der Waals surface area (Å²) < 4.78 is 22.2. The number of rotatable bonds is 7. The van der Waals surface area contributed by atoms with Crippen molar-refractivity contribution >= 4 is 15.2 Å². The summed E-state index contributed by atoms with van der Waals surface area (Å²) >= 11 is 0. The van der Waals surface area contributed by atoms with Crippen LogP contribution in [0.3, 0.4) is 0 Å². The fraction of sp³-hybridized carbons (Fsp3) is 1.00. The molecule has 0 aliphatic carbocycles. The minimum absolute atomic E-state index is 0.293. The lowest BCUT2D eigenvalue weighted by Gasteiger charge is -2.33. The molecule has 0 radical (unpaired) electrons. The highest BCUT2D eigenvalue weighted by atomic mass is 31.2. The summed E-state index contributed by atoms with van der Waals surface area (Å²) in [5.74, 6) is 0. The van der Waals surface area contributed by atoms with Gasteiger partial charge in [-0.15, -0.1) is 0 Å². The normalized spacial score (nSPS) is 20.2. The van der Waals surface area contributed by atoms with Crippen molar-refractivity contribution in [3.05, 3.63) is 0 Å². The van der Waals surface area contributed by atoms with E-state index in [9.17, 15) is 19.3 Å². The molecule has 6 N–H and O–H groups in total. The number of aliphatic hydroxyl groups is 2. The lowest BCUT2D eigenvalue weighted by molar-refractivity contribution is 0.0313. The molecule has 0 aromatic heterocycles. The smallest absolute Gasteiger partial charge is 0.356 e. The van der Waals surface area contributed by atoms with Crippen LogP contribution in [-0.4, -0.2) is 40.5 Å². The van der Waals surface area contributed by atoms with Crippen molar-refractivity contribution in [2.24, 2.45) is 0 Å². The molecule has 18 heavy (non-hydrogen) atoms. The second-order valence-electron chi connectivity index (χ2n) is 4.26. The SMILES string of the molecule is CCC(O)(CCC(O)(CC)P(=O)(O)O)P(=O)(O)O. The molecule has 0 amide bonds. The molecule has 0 aliphatic rings. The van der Waals surface area contributed by atoms with E-state index in [1.165, 1.54) is 13.8 Å². The predicted octanol–water partition coefficient (Wildman–Crippen LogP) is 0.319. The summed E-state index contributed by atoms with van der Waals surface area (Å²) in [6, 6.07) is 0. The first-order valence-corrected chi connectivity index (χ1v) is 8.61. The molecule has 0 heterocycles. The van der Waals surface area contributed by atoms with Crippen LogP contribution >= 0.6 is 15.2 Å². The highest BCUT2D eigenvalue weighted by Crippen LogP contribution is 2.58. The lowest BCUT2D eigenvalue weighted by Crippen LogP contribution is -2.34. The molecule has 110 valence electrons. The third-order valence-corrected chi connectivity index (χ3v) is 6.39. The summed E-state index contributed by atoms with van der Waals surface area (Å²) in [6.07, 6.45) is -1.80. The van der Waals surface area contributed by atoms with E-state index < -0.39 is 38.7 Å². The van der Waals surface area contributed by atoms with E-state index in [-0.39, 0.29) is 12.8 Å². The summed E-state index contributed by atoms with van der Waals surface area (Å²) in [6.45, 7) is 2.67. The molecule has 2 unspecified atom stereocenters. The zero-order valence-corrected chi connectivity index (χ0v) is 12.0. The van der Waals surface area contributed by atoms with Gasteiger partial charge in [0.1, 0.15) is 0 Å². The molecule has 0 aromatic carbocycles. The van der Waals surface area contributed by atoms with Crippen molar-refractivity contribution < 1.29 is 38.9 Å². The zero-order valence-electron chi connectivity index (χ0n) is 10.2. The zero-order chi connectivity index (χ0) is 14.8. The molecule has 8 nitrogen and oxygen atoms in total. The summed E-state index contributed by atoms with van der Waals surface area (Å²) in [7, 11) is -9.69. The third-order valence-electron chi connectivity index (χ3n) is 3.14. The Kier molecular flexibility index (Phi) is 5.76. The molecule has 0 spiro atoms. The van der Waals surface area contributed by atoms with Gasteiger partial charge in [0.05, 0.1) is 0 Å². The summed E-state index contributed by atoms with van der Waals surface area (Å²) in [4.78, 5) is 36.0. The maximum absolute atomic E-state index is 11.1. The van der Waals surface area contributed by atoms with Crippen molar-refractivity contribution in [2.75, 3.05) is 0 Å². The van der Waals surface area contributed by atoms with Gasteiger partial charge in [0, 0.05) is 0 Å². The van der Waals surface area contributed by atoms with E-state index in [0.29, 0.717) is 0 Å². The topological polar surface area (TPSA) is 156 Å². The van der Waals surface area contributed by atoms with Crippen LogP contribution in [0.4, 0.5) is 0 Å². The highest BCUT2D eigenvalue weighted by molar-refractivity contribution is 7.53. The van der Waals surface area contributed by atoms with Crippen LogP contribution in [0.15, 0.2) is 0 Å². The summed E-state index contributed by atoms with van der Waals surface area (Å²) in [5.41, 5.74) is 0. The molecule has 0 aromatic rings. The van der Waals surface area contributed by atoms with Crippen molar-refractivity contribution in [1.82, 2.24) is 0 Å². The molecule has 0 aliphatic heterocycles. The van der Waals surface area contributed by atoms with E-state index in [1.54, 1.807) is 0 Å². The van der Waals surface area contributed by atoms with Gasteiger partial charge in [-0.05, 0) is 25.7 Å². The minimum atomic E-state index is -4.85. The minimum Gasteiger partial charge on any atom is -0.377 e. The Bertz CT molecular complexity index is 337.